The van der Waals surface area contributed by atoms with Crippen molar-refractivity contribution < 1.29 is 0 Å². The van der Waals surface area contributed by atoms with E-state index in [2.05, 4.69) is 83.3 Å². The van der Waals surface area contributed by atoms with Gasteiger partial charge in [-0.25, -0.2) is 0 Å². The molecule has 0 radical (unpaired) electrons. The van der Waals surface area contributed by atoms with Crippen LogP contribution in [0.2, 0.25) is 0 Å². The van der Waals surface area contributed by atoms with Crippen LogP contribution in [0.5, 0.6) is 0 Å². The van der Waals surface area contributed by atoms with Gasteiger partial charge in [0.05, 0.1) is 5.69 Å². The summed E-state index contributed by atoms with van der Waals surface area (Å²) < 4.78 is 1.03. The first-order chi connectivity index (χ1) is 15.2. The molecule has 2 aromatic carbocycles. The van der Waals surface area contributed by atoms with Crippen molar-refractivity contribution in [2.45, 2.75) is 76.5 Å². The molecule has 2 aliphatic rings. The Labute approximate surface area is 195 Å². The first kappa shape index (κ1) is 20.9. The van der Waals surface area contributed by atoms with Gasteiger partial charge in [0.2, 0.25) is 0 Å². The van der Waals surface area contributed by atoms with Crippen LogP contribution in [0.3, 0.4) is 0 Å². The number of aromatic nitrogens is 1. The second-order valence-electron chi connectivity index (χ2n) is 9.50. The molecule has 1 heterocycles. The highest BCUT2D eigenvalue weighted by Crippen LogP contribution is 2.61. The lowest BCUT2D eigenvalue weighted by atomic mass is 9.60. The van der Waals surface area contributed by atoms with Crippen LogP contribution in [-0.4, -0.2) is 4.98 Å². The van der Waals surface area contributed by atoms with E-state index in [1.165, 1.54) is 73.6 Å². The topological polar surface area (TPSA) is 12.9 Å². The summed E-state index contributed by atoms with van der Waals surface area (Å²) in [6.07, 6.45) is 12.1. The predicted molar refractivity (Wildman–Crippen MR) is 135 cm³/mol. The van der Waals surface area contributed by atoms with Gasteiger partial charge in [-0.15, -0.1) is 0 Å². The first-order valence-corrected chi connectivity index (χ1v) is 12.8. The molecule has 31 heavy (non-hydrogen) atoms. The van der Waals surface area contributed by atoms with Gasteiger partial charge in [0, 0.05) is 21.6 Å². The van der Waals surface area contributed by atoms with Gasteiger partial charge in [-0.05, 0) is 100.0 Å². The lowest BCUT2D eigenvalue weighted by Gasteiger charge is -2.43. The van der Waals surface area contributed by atoms with Crippen molar-refractivity contribution in [2.75, 3.05) is 0 Å². The van der Waals surface area contributed by atoms with Gasteiger partial charge >= 0.3 is 0 Å². The number of benzene rings is 2. The van der Waals surface area contributed by atoms with E-state index >= 15 is 0 Å². The monoisotopic (exact) mass is 473 g/mol. The van der Waals surface area contributed by atoms with Gasteiger partial charge in [-0.1, -0.05) is 63.4 Å². The summed E-state index contributed by atoms with van der Waals surface area (Å²) in [5.41, 5.74) is 10.3. The molecule has 160 valence electrons. The second-order valence-corrected chi connectivity index (χ2v) is 10.4. The van der Waals surface area contributed by atoms with Crippen LogP contribution in [-0.2, 0) is 11.8 Å². The number of unbranched alkanes of at least 4 members (excludes halogenated alkanes) is 1. The highest BCUT2D eigenvalue weighted by atomic mass is 79.9. The number of pyridine rings is 1. The second kappa shape index (κ2) is 8.54. The normalized spacial score (nSPS) is 21.5. The van der Waals surface area contributed by atoms with Gasteiger partial charge in [0.25, 0.3) is 0 Å². The van der Waals surface area contributed by atoms with E-state index in [4.69, 9.17) is 0 Å². The van der Waals surface area contributed by atoms with Crippen LogP contribution >= 0.6 is 15.9 Å². The van der Waals surface area contributed by atoms with Crippen molar-refractivity contribution in [3.8, 4) is 22.4 Å². The largest absolute Gasteiger partial charge is 0.255 e. The van der Waals surface area contributed by atoms with Crippen LogP contribution in [0.15, 0.2) is 59.2 Å². The summed E-state index contributed by atoms with van der Waals surface area (Å²) in [6, 6.07) is 18.7. The summed E-state index contributed by atoms with van der Waals surface area (Å²) >= 11 is 3.52. The number of fused-ring (bicyclic) bond motifs is 6. The smallest absolute Gasteiger partial charge is 0.0702 e. The molecule has 2 atom stereocenters. The molecule has 5 rings (SSSR count). The minimum absolute atomic E-state index is 0.284. The molecule has 2 heteroatoms. The molecule has 0 spiro atoms. The zero-order valence-corrected chi connectivity index (χ0v) is 20.3. The van der Waals surface area contributed by atoms with E-state index in [-0.39, 0.29) is 5.41 Å². The van der Waals surface area contributed by atoms with Crippen LogP contribution < -0.4 is 0 Å². The average molecular weight is 474 g/mol. The molecule has 0 saturated heterocycles. The van der Waals surface area contributed by atoms with Crippen LogP contribution in [0.25, 0.3) is 22.4 Å². The fourth-order valence-electron chi connectivity index (χ4n) is 6.31. The summed E-state index contributed by atoms with van der Waals surface area (Å²) in [7, 11) is 0. The Morgan fingerprint density at radius 3 is 2.65 bits per heavy atom. The molecule has 0 N–H and O–H groups in total. The molecule has 1 aromatic heterocycles. The van der Waals surface area contributed by atoms with Gasteiger partial charge in [-0.2, -0.15) is 0 Å². The maximum absolute atomic E-state index is 4.69. The molecule has 0 bridgehead atoms. The molecule has 0 amide bonds. The Balaban J connectivity index is 1.68. The average Bonchev–Trinajstić information content (AvgIpc) is 3.23. The predicted octanol–water partition coefficient (Wildman–Crippen LogP) is 8.84. The van der Waals surface area contributed by atoms with Crippen LogP contribution in [0.1, 0.15) is 81.4 Å². The zero-order chi connectivity index (χ0) is 21.4. The van der Waals surface area contributed by atoms with E-state index in [1.807, 2.05) is 6.20 Å². The van der Waals surface area contributed by atoms with E-state index in [1.54, 1.807) is 11.1 Å². The SMILES string of the molecule is CCCCc1ccc2c(c1)[C@H]1CCC[C@@]1(CCC)c1cc(-c3ccc(Br)cn3)ccc1-2. The summed E-state index contributed by atoms with van der Waals surface area (Å²) in [5.74, 6) is 0.657. The highest BCUT2D eigenvalue weighted by Gasteiger charge is 2.48. The maximum Gasteiger partial charge on any atom is 0.0702 e. The lowest BCUT2D eigenvalue weighted by molar-refractivity contribution is 0.353. The Kier molecular flexibility index (Phi) is 5.77. The molecule has 0 unspecified atom stereocenters. The van der Waals surface area contributed by atoms with Crippen molar-refractivity contribution in [2.24, 2.45) is 0 Å². The quantitative estimate of drug-likeness (QED) is 0.348. The summed E-state index contributed by atoms with van der Waals surface area (Å²) in [6.45, 7) is 4.65. The fourth-order valence-corrected chi connectivity index (χ4v) is 6.54. The molecule has 1 saturated carbocycles. The van der Waals surface area contributed by atoms with E-state index in [0.717, 1.165) is 10.2 Å². The standard InChI is InChI=1S/C29H32BrN/c1-3-5-7-20-9-12-23-24-13-10-21(28-14-11-22(30)19-31-28)18-27(24)29(15-4-2)16-6-8-26(29)25(23)17-20/h9-14,17-19,26H,3-8,15-16H2,1-2H3/t26-,29-/m1/s1. The van der Waals surface area contributed by atoms with E-state index < -0.39 is 0 Å². The highest BCUT2D eigenvalue weighted by molar-refractivity contribution is 9.10. The maximum atomic E-state index is 4.69. The van der Waals surface area contributed by atoms with Crippen molar-refractivity contribution in [3.05, 3.63) is 75.9 Å². The molecule has 3 aromatic rings. The number of halogens is 1. The van der Waals surface area contributed by atoms with Crippen LogP contribution in [0.4, 0.5) is 0 Å². The lowest BCUT2D eigenvalue weighted by Crippen LogP contribution is -2.33. The fraction of sp³-hybridized carbons (Fsp3) is 0.414. The van der Waals surface area contributed by atoms with Crippen LogP contribution in [0, 0.1) is 0 Å². The van der Waals surface area contributed by atoms with Gasteiger partial charge < -0.3 is 0 Å². The van der Waals surface area contributed by atoms with Gasteiger partial charge in [0.15, 0.2) is 0 Å². The zero-order valence-electron chi connectivity index (χ0n) is 18.8. The summed E-state index contributed by atoms with van der Waals surface area (Å²) in [5, 5.41) is 0. The molecule has 1 fully saturated rings. The van der Waals surface area contributed by atoms with Gasteiger partial charge in [0.1, 0.15) is 0 Å². The van der Waals surface area contributed by atoms with Crippen molar-refractivity contribution in [1.29, 1.82) is 0 Å². The number of nitrogens with zero attached hydrogens (tertiary/aromatic N) is 1. The Morgan fingerprint density at radius 2 is 1.87 bits per heavy atom. The van der Waals surface area contributed by atoms with Crippen molar-refractivity contribution >= 4 is 15.9 Å². The third-order valence-electron chi connectivity index (χ3n) is 7.66. The number of aryl methyl sites for hydroxylation is 1. The first-order valence-electron chi connectivity index (χ1n) is 12.1. The third kappa shape index (κ3) is 3.57. The summed E-state index contributed by atoms with van der Waals surface area (Å²) in [4.78, 5) is 4.69. The Morgan fingerprint density at radius 1 is 1.00 bits per heavy atom. The van der Waals surface area contributed by atoms with Crippen molar-refractivity contribution in [3.63, 3.8) is 0 Å². The van der Waals surface area contributed by atoms with E-state index in [9.17, 15) is 0 Å². The van der Waals surface area contributed by atoms with Gasteiger partial charge in [-0.3, -0.25) is 4.98 Å². The van der Waals surface area contributed by atoms with E-state index in [0.29, 0.717) is 5.92 Å². The minimum Gasteiger partial charge on any atom is -0.255 e. The minimum atomic E-state index is 0.284. The molecule has 2 aliphatic carbocycles. The van der Waals surface area contributed by atoms with Crippen molar-refractivity contribution in [1.82, 2.24) is 4.98 Å². The molecule has 0 aliphatic heterocycles. The molecular formula is C29H32BrN. The molecule has 1 nitrogen and oxygen atoms in total. The third-order valence-corrected chi connectivity index (χ3v) is 8.13. The Hall–Kier alpha value is -1.93. The number of hydrogen-bond acceptors (Lipinski definition) is 1. The number of hydrogen-bond donors (Lipinski definition) is 0. The molecular weight excluding hydrogens is 442 g/mol. The Bertz CT molecular complexity index is 1080. The number of rotatable bonds is 6.